The molecule has 3 aromatic rings. The van der Waals surface area contributed by atoms with Crippen LogP contribution in [-0.2, 0) is 6.54 Å². The first-order valence-corrected chi connectivity index (χ1v) is 13.5. The number of carbonyl (C=O) groups is 1. The average molecular weight is 504 g/mol. The summed E-state index contributed by atoms with van der Waals surface area (Å²) in [6, 6.07) is 28.0. The van der Waals surface area contributed by atoms with Gasteiger partial charge in [-0.15, -0.1) is 0 Å². The highest BCUT2D eigenvalue weighted by Crippen LogP contribution is 2.34. The van der Waals surface area contributed by atoms with Crippen molar-refractivity contribution in [2.24, 2.45) is 0 Å². The molecular formula is C31H38ClN3O. The van der Waals surface area contributed by atoms with E-state index in [-0.39, 0.29) is 11.9 Å². The molecule has 0 unspecified atom stereocenters. The van der Waals surface area contributed by atoms with E-state index in [0.717, 1.165) is 43.3 Å². The Bertz CT molecular complexity index is 1130. The molecule has 5 heteroatoms. The van der Waals surface area contributed by atoms with E-state index in [1.165, 1.54) is 16.7 Å². The van der Waals surface area contributed by atoms with Gasteiger partial charge in [0.05, 0.1) is 6.04 Å². The third kappa shape index (κ3) is 5.83. The molecule has 0 N–H and O–H groups in total. The summed E-state index contributed by atoms with van der Waals surface area (Å²) >= 11 is 6.48. The normalized spacial score (nSPS) is 19.7. The first-order chi connectivity index (χ1) is 17.4. The van der Waals surface area contributed by atoms with E-state index in [1.807, 2.05) is 43.0 Å². The summed E-state index contributed by atoms with van der Waals surface area (Å²) in [7, 11) is 0. The van der Waals surface area contributed by atoms with E-state index in [4.69, 9.17) is 11.6 Å². The zero-order valence-corrected chi connectivity index (χ0v) is 22.7. The molecule has 1 saturated heterocycles. The van der Waals surface area contributed by atoms with Crippen LogP contribution in [0.4, 0.5) is 0 Å². The molecule has 1 aliphatic rings. The molecule has 1 fully saturated rings. The van der Waals surface area contributed by atoms with Gasteiger partial charge in [-0.3, -0.25) is 14.6 Å². The molecule has 4 rings (SSSR count). The van der Waals surface area contributed by atoms with Crippen LogP contribution in [0.1, 0.15) is 60.8 Å². The fourth-order valence-corrected chi connectivity index (χ4v) is 5.56. The van der Waals surface area contributed by atoms with E-state index in [9.17, 15) is 4.79 Å². The van der Waals surface area contributed by atoms with Gasteiger partial charge >= 0.3 is 0 Å². The Morgan fingerprint density at radius 2 is 1.47 bits per heavy atom. The molecule has 0 bridgehead atoms. The van der Waals surface area contributed by atoms with Crippen LogP contribution >= 0.6 is 11.6 Å². The second-order valence-corrected chi connectivity index (χ2v) is 10.2. The van der Waals surface area contributed by atoms with Gasteiger partial charge < -0.3 is 4.90 Å². The molecule has 3 atom stereocenters. The second-order valence-electron chi connectivity index (χ2n) is 9.83. The molecule has 36 heavy (non-hydrogen) atoms. The van der Waals surface area contributed by atoms with Gasteiger partial charge in [-0.05, 0) is 62.6 Å². The van der Waals surface area contributed by atoms with Gasteiger partial charge in [0.2, 0.25) is 0 Å². The minimum atomic E-state index is 0.0954. The minimum Gasteiger partial charge on any atom is -0.339 e. The van der Waals surface area contributed by atoms with Crippen molar-refractivity contribution in [3.63, 3.8) is 0 Å². The first-order valence-electron chi connectivity index (χ1n) is 13.1. The van der Waals surface area contributed by atoms with Crippen LogP contribution in [0.5, 0.6) is 0 Å². The van der Waals surface area contributed by atoms with Crippen LogP contribution in [0.25, 0.3) is 0 Å². The average Bonchev–Trinajstić information content (AvgIpc) is 2.90. The van der Waals surface area contributed by atoms with Gasteiger partial charge in [0, 0.05) is 55.4 Å². The third-order valence-corrected chi connectivity index (χ3v) is 7.83. The fourth-order valence-electron chi connectivity index (χ4n) is 5.36. The SMILES string of the molecule is CCN(CC)C(=O)c1ccc([C@@H](c2ccccc2)N2C[C@@H](C)N(Cc3ccccc3Cl)C[C@@H]2C)cc1. The number of benzene rings is 3. The van der Waals surface area contributed by atoms with E-state index in [1.54, 1.807) is 0 Å². The summed E-state index contributed by atoms with van der Waals surface area (Å²) in [5, 5.41) is 0.835. The minimum absolute atomic E-state index is 0.0954. The summed E-state index contributed by atoms with van der Waals surface area (Å²) in [5.41, 5.74) is 4.43. The lowest BCUT2D eigenvalue weighted by Gasteiger charge is -2.47. The van der Waals surface area contributed by atoms with Gasteiger partial charge in [-0.25, -0.2) is 0 Å². The van der Waals surface area contributed by atoms with Crippen LogP contribution in [0.15, 0.2) is 78.9 Å². The molecule has 0 aromatic heterocycles. The van der Waals surface area contributed by atoms with E-state index >= 15 is 0 Å². The van der Waals surface area contributed by atoms with Crippen LogP contribution in [0.3, 0.4) is 0 Å². The summed E-state index contributed by atoms with van der Waals surface area (Å²) in [6.07, 6.45) is 0. The predicted octanol–water partition coefficient (Wildman–Crippen LogP) is 6.51. The number of nitrogens with zero attached hydrogens (tertiary/aromatic N) is 3. The van der Waals surface area contributed by atoms with Crippen LogP contribution in [0, 0.1) is 0 Å². The lowest BCUT2D eigenvalue weighted by Crippen LogP contribution is -2.56. The number of piperazine rings is 1. The smallest absolute Gasteiger partial charge is 0.253 e. The number of hydrogen-bond donors (Lipinski definition) is 0. The van der Waals surface area contributed by atoms with Gasteiger partial charge in [-0.1, -0.05) is 72.3 Å². The van der Waals surface area contributed by atoms with Crippen LogP contribution in [-0.4, -0.2) is 58.9 Å². The number of halogens is 1. The molecule has 3 aromatic carbocycles. The lowest BCUT2D eigenvalue weighted by molar-refractivity contribution is 0.0195. The number of carbonyl (C=O) groups excluding carboxylic acids is 1. The maximum absolute atomic E-state index is 12.9. The van der Waals surface area contributed by atoms with Crippen molar-refractivity contribution in [1.29, 1.82) is 0 Å². The quantitative estimate of drug-likeness (QED) is 0.350. The van der Waals surface area contributed by atoms with Crippen molar-refractivity contribution in [2.75, 3.05) is 26.2 Å². The molecule has 0 saturated carbocycles. The Kier molecular flexibility index (Phi) is 8.84. The molecular weight excluding hydrogens is 466 g/mol. The van der Waals surface area contributed by atoms with E-state index < -0.39 is 0 Å². The highest BCUT2D eigenvalue weighted by Gasteiger charge is 2.35. The Labute approximate surface area is 221 Å². The maximum Gasteiger partial charge on any atom is 0.253 e. The molecule has 0 radical (unpaired) electrons. The van der Waals surface area contributed by atoms with Gasteiger partial charge in [-0.2, -0.15) is 0 Å². The number of amides is 1. The third-order valence-electron chi connectivity index (χ3n) is 7.47. The monoisotopic (exact) mass is 503 g/mol. The fraction of sp³-hybridized carbons (Fsp3) is 0.387. The van der Waals surface area contributed by atoms with Crippen molar-refractivity contribution in [2.45, 2.75) is 52.4 Å². The largest absolute Gasteiger partial charge is 0.339 e. The summed E-state index contributed by atoms with van der Waals surface area (Å²) in [6.45, 7) is 12.9. The van der Waals surface area contributed by atoms with E-state index in [2.05, 4.69) is 78.2 Å². The van der Waals surface area contributed by atoms with E-state index in [0.29, 0.717) is 12.1 Å². The topological polar surface area (TPSA) is 26.8 Å². The molecule has 4 nitrogen and oxygen atoms in total. The first kappa shape index (κ1) is 26.4. The van der Waals surface area contributed by atoms with Crippen molar-refractivity contribution < 1.29 is 4.79 Å². The van der Waals surface area contributed by atoms with Crippen molar-refractivity contribution >= 4 is 17.5 Å². The van der Waals surface area contributed by atoms with Crippen LogP contribution < -0.4 is 0 Å². The predicted molar refractivity (Wildman–Crippen MR) is 149 cm³/mol. The van der Waals surface area contributed by atoms with Gasteiger partial charge in [0.15, 0.2) is 0 Å². The van der Waals surface area contributed by atoms with Gasteiger partial charge in [0.25, 0.3) is 5.91 Å². The summed E-state index contributed by atoms with van der Waals surface area (Å²) < 4.78 is 0. The zero-order chi connectivity index (χ0) is 25.7. The Morgan fingerprint density at radius 3 is 2.11 bits per heavy atom. The Hall–Kier alpha value is -2.66. The Morgan fingerprint density at radius 1 is 0.861 bits per heavy atom. The van der Waals surface area contributed by atoms with Crippen molar-refractivity contribution in [1.82, 2.24) is 14.7 Å². The highest BCUT2D eigenvalue weighted by molar-refractivity contribution is 6.31. The Balaban J connectivity index is 1.59. The van der Waals surface area contributed by atoms with Crippen molar-refractivity contribution in [3.05, 3.63) is 106 Å². The van der Waals surface area contributed by atoms with Gasteiger partial charge in [0.1, 0.15) is 0 Å². The standard InChI is InChI=1S/C31H38ClN3O/c1-5-33(6-2)31(36)27-18-16-26(17-19-27)30(25-12-8-7-9-13-25)35-21-23(3)34(20-24(35)4)22-28-14-10-11-15-29(28)32/h7-19,23-24,30H,5-6,20-22H2,1-4H3/t23-,24+,30-/m1/s1. The molecule has 190 valence electrons. The molecule has 0 aliphatic carbocycles. The molecule has 1 aliphatic heterocycles. The lowest BCUT2D eigenvalue weighted by atomic mass is 9.92. The molecule has 0 spiro atoms. The molecule has 1 heterocycles. The number of hydrogen-bond acceptors (Lipinski definition) is 3. The highest BCUT2D eigenvalue weighted by atomic mass is 35.5. The summed E-state index contributed by atoms with van der Waals surface area (Å²) in [4.78, 5) is 19.9. The maximum atomic E-state index is 12.9. The van der Waals surface area contributed by atoms with Crippen molar-refractivity contribution in [3.8, 4) is 0 Å². The zero-order valence-electron chi connectivity index (χ0n) is 21.9. The summed E-state index contributed by atoms with van der Waals surface area (Å²) in [5.74, 6) is 0.0954. The molecule has 1 amide bonds. The van der Waals surface area contributed by atoms with Crippen LogP contribution in [0.2, 0.25) is 5.02 Å². The second kappa shape index (κ2) is 12.1. The number of rotatable bonds is 8.